The number of aromatic nitrogens is 2. The Morgan fingerprint density at radius 3 is 2.60 bits per heavy atom. The number of hydrogen-bond donors (Lipinski definition) is 1. The van der Waals surface area contributed by atoms with Crippen LogP contribution >= 0.6 is 23.2 Å². The Labute approximate surface area is 126 Å². The van der Waals surface area contributed by atoms with Crippen LogP contribution in [0.5, 0.6) is 5.75 Å². The van der Waals surface area contributed by atoms with Crippen LogP contribution in [0, 0.1) is 0 Å². The Morgan fingerprint density at radius 1 is 1.30 bits per heavy atom. The highest BCUT2D eigenvalue weighted by molar-refractivity contribution is 6.42. The normalized spacial score (nSPS) is 16.8. The Hall–Kier alpha value is -1.30. The van der Waals surface area contributed by atoms with Gasteiger partial charge >= 0.3 is 0 Å². The highest BCUT2D eigenvalue weighted by Crippen LogP contribution is 2.40. The standard InChI is InChI=1S/C13H13Cl2N3O2/c1-19-10-6-9(15)8(14)5-7(10)11-17-12(18-20-11)13(16)3-2-4-13/h5-6H,2-4,16H2,1H3. The van der Waals surface area contributed by atoms with Gasteiger partial charge in [-0.1, -0.05) is 28.4 Å². The van der Waals surface area contributed by atoms with Crippen molar-refractivity contribution in [3.8, 4) is 17.2 Å². The van der Waals surface area contributed by atoms with E-state index >= 15 is 0 Å². The van der Waals surface area contributed by atoms with Gasteiger partial charge in [0.2, 0.25) is 0 Å². The number of halogens is 2. The Kier molecular flexibility index (Phi) is 3.36. The van der Waals surface area contributed by atoms with Gasteiger partial charge in [-0.3, -0.25) is 0 Å². The molecule has 0 bridgehead atoms. The molecule has 1 aromatic carbocycles. The predicted molar refractivity (Wildman–Crippen MR) is 76.0 cm³/mol. The van der Waals surface area contributed by atoms with Gasteiger partial charge in [0.1, 0.15) is 5.75 Å². The summed E-state index contributed by atoms with van der Waals surface area (Å²) in [6.07, 6.45) is 2.81. The minimum absolute atomic E-state index is 0.326. The van der Waals surface area contributed by atoms with Crippen LogP contribution in [0.25, 0.3) is 11.5 Å². The molecule has 1 aromatic heterocycles. The number of hydrogen-bond acceptors (Lipinski definition) is 5. The van der Waals surface area contributed by atoms with E-state index in [0.29, 0.717) is 33.1 Å². The fourth-order valence-corrected chi connectivity index (χ4v) is 2.50. The quantitative estimate of drug-likeness (QED) is 0.940. The fourth-order valence-electron chi connectivity index (χ4n) is 2.18. The number of nitrogens with zero attached hydrogens (tertiary/aromatic N) is 2. The first-order chi connectivity index (χ1) is 9.53. The van der Waals surface area contributed by atoms with Gasteiger partial charge in [0.25, 0.3) is 5.89 Å². The maximum absolute atomic E-state index is 6.18. The molecule has 106 valence electrons. The Balaban J connectivity index is 2.03. The van der Waals surface area contributed by atoms with Crippen molar-refractivity contribution < 1.29 is 9.26 Å². The summed E-state index contributed by atoms with van der Waals surface area (Å²) in [6.45, 7) is 0. The monoisotopic (exact) mass is 313 g/mol. The molecule has 0 atom stereocenters. The average molecular weight is 314 g/mol. The van der Waals surface area contributed by atoms with Gasteiger partial charge in [-0.15, -0.1) is 0 Å². The third-order valence-electron chi connectivity index (χ3n) is 3.59. The molecular formula is C13H13Cl2N3O2. The molecule has 5 nitrogen and oxygen atoms in total. The van der Waals surface area contributed by atoms with Crippen molar-refractivity contribution >= 4 is 23.2 Å². The molecule has 20 heavy (non-hydrogen) atoms. The van der Waals surface area contributed by atoms with Gasteiger partial charge in [-0.25, -0.2) is 0 Å². The second-order valence-electron chi connectivity index (χ2n) is 4.90. The van der Waals surface area contributed by atoms with Crippen molar-refractivity contribution in [2.24, 2.45) is 5.73 Å². The molecule has 0 amide bonds. The molecule has 1 heterocycles. The van der Waals surface area contributed by atoms with Crippen LogP contribution in [0.2, 0.25) is 10.0 Å². The van der Waals surface area contributed by atoms with Crippen LogP contribution < -0.4 is 10.5 Å². The van der Waals surface area contributed by atoms with Crippen LogP contribution in [0.3, 0.4) is 0 Å². The van der Waals surface area contributed by atoms with Crippen molar-refractivity contribution in [3.63, 3.8) is 0 Å². The predicted octanol–water partition coefficient (Wildman–Crippen LogP) is 3.39. The highest BCUT2D eigenvalue weighted by atomic mass is 35.5. The zero-order valence-corrected chi connectivity index (χ0v) is 12.3. The zero-order chi connectivity index (χ0) is 14.3. The number of rotatable bonds is 3. The summed E-state index contributed by atoms with van der Waals surface area (Å²) >= 11 is 12.0. The van der Waals surface area contributed by atoms with Crippen LogP contribution in [0.4, 0.5) is 0 Å². The van der Waals surface area contributed by atoms with E-state index in [4.69, 9.17) is 38.2 Å². The van der Waals surface area contributed by atoms with Crippen molar-refractivity contribution in [3.05, 3.63) is 28.0 Å². The summed E-state index contributed by atoms with van der Waals surface area (Å²) in [5.74, 6) is 1.37. The van der Waals surface area contributed by atoms with Gasteiger partial charge in [-0.05, 0) is 25.3 Å². The summed E-state index contributed by atoms with van der Waals surface area (Å²) < 4.78 is 10.6. The largest absolute Gasteiger partial charge is 0.496 e. The number of methoxy groups -OCH3 is 1. The number of benzene rings is 1. The van der Waals surface area contributed by atoms with Crippen molar-refractivity contribution in [1.82, 2.24) is 10.1 Å². The molecule has 1 saturated carbocycles. The topological polar surface area (TPSA) is 74.2 Å². The van der Waals surface area contributed by atoms with E-state index in [-0.39, 0.29) is 0 Å². The third-order valence-corrected chi connectivity index (χ3v) is 4.31. The lowest BCUT2D eigenvalue weighted by atomic mass is 9.77. The number of nitrogens with two attached hydrogens (primary N) is 1. The Morgan fingerprint density at radius 2 is 2.00 bits per heavy atom. The second-order valence-corrected chi connectivity index (χ2v) is 5.71. The van der Waals surface area contributed by atoms with Crippen LogP contribution in [-0.2, 0) is 5.54 Å². The van der Waals surface area contributed by atoms with Crippen LogP contribution in [-0.4, -0.2) is 17.3 Å². The van der Waals surface area contributed by atoms with Crippen LogP contribution in [0.1, 0.15) is 25.1 Å². The highest BCUT2D eigenvalue weighted by Gasteiger charge is 2.39. The molecule has 0 saturated heterocycles. The average Bonchev–Trinajstić information content (AvgIpc) is 2.88. The van der Waals surface area contributed by atoms with E-state index in [1.807, 2.05) is 0 Å². The summed E-state index contributed by atoms with van der Waals surface area (Å²) in [5.41, 5.74) is 6.31. The molecule has 1 fully saturated rings. The van der Waals surface area contributed by atoms with E-state index in [2.05, 4.69) is 10.1 Å². The first-order valence-corrected chi connectivity index (χ1v) is 6.95. The van der Waals surface area contributed by atoms with Crippen molar-refractivity contribution in [2.45, 2.75) is 24.8 Å². The maximum atomic E-state index is 6.18. The minimum Gasteiger partial charge on any atom is -0.496 e. The van der Waals surface area contributed by atoms with Gasteiger partial charge in [0.15, 0.2) is 5.82 Å². The summed E-state index contributed by atoms with van der Waals surface area (Å²) in [6, 6.07) is 3.26. The molecule has 1 aliphatic rings. The summed E-state index contributed by atoms with van der Waals surface area (Å²) in [5, 5.41) is 4.77. The van der Waals surface area contributed by atoms with E-state index < -0.39 is 5.54 Å². The van der Waals surface area contributed by atoms with Gasteiger partial charge < -0.3 is 15.0 Å². The fraction of sp³-hybridized carbons (Fsp3) is 0.385. The van der Waals surface area contributed by atoms with E-state index in [9.17, 15) is 0 Å². The molecule has 0 aliphatic heterocycles. The lowest BCUT2D eigenvalue weighted by Gasteiger charge is -2.34. The van der Waals surface area contributed by atoms with Crippen molar-refractivity contribution in [2.75, 3.05) is 7.11 Å². The van der Waals surface area contributed by atoms with E-state index in [1.165, 1.54) is 7.11 Å². The molecule has 0 spiro atoms. The van der Waals surface area contributed by atoms with Crippen molar-refractivity contribution in [1.29, 1.82) is 0 Å². The summed E-state index contributed by atoms with van der Waals surface area (Å²) in [7, 11) is 1.54. The maximum Gasteiger partial charge on any atom is 0.261 e. The molecule has 0 unspecified atom stereocenters. The smallest absolute Gasteiger partial charge is 0.261 e. The minimum atomic E-state index is -0.467. The molecule has 0 radical (unpaired) electrons. The third kappa shape index (κ3) is 2.16. The van der Waals surface area contributed by atoms with Gasteiger partial charge in [-0.2, -0.15) is 4.98 Å². The Bertz CT molecular complexity index is 653. The lowest BCUT2D eigenvalue weighted by molar-refractivity contribution is 0.229. The molecular weight excluding hydrogens is 301 g/mol. The van der Waals surface area contributed by atoms with E-state index in [0.717, 1.165) is 19.3 Å². The first-order valence-electron chi connectivity index (χ1n) is 6.20. The summed E-state index contributed by atoms with van der Waals surface area (Å²) in [4.78, 5) is 4.37. The molecule has 3 rings (SSSR count). The van der Waals surface area contributed by atoms with E-state index in [1.54, 1.807) is 12.1 Å². The lowest BCUT2D eigenvalue weighted by Crippen LogP contribution is -2.44. The van der Waals surface area contributed by atoms with Gasteiger partial charge in [0, 0.05) is 6.07 Å². The molecule has 2 aromatic rings. The molecule has 2 N–H and O–H groups in total. The number of ether oxygens (including phenoxy) is 1. The first kappa shape index (κ1) is 13.7. The second kappa shape index (κ2) is 4.91. The zero-order valence-electron chi connectivity index (χ0n) is 10.8. The van der Waals surface area contributed by atoms with Gasteiger partial charge in [0.05, 0.1) is 28.3 Å². The molecule has 7 heteroatoms. The van der Waals surface area contributed by atoms with Crippen LogP contribution in [0.15, 0.2) is 16.7 Å². The molecule has 1 aliphatic carbocycles. The SMILES string of the molecule is COc1cc(Cl)c(Cl)cc1-c1nc(C2(N)CCC2)no1.